The average Bonchev–Trinajstić information content (AvgIpc) is 2.83. The number of rotatable bonds is 4. The van der Waals surface area contributed by atoms with Crippen LogP contribution < -0.4 is 4.74 Å². The molecule has 1 amide bonds. The third-order valence-corrected chi connectivity index (χ3v) is 3.61. The van der Waals surface area contributed by atoms with Crippen molar-refractivity contribution in [2.75, 3.05) is 7.11 Å². The maximum absolute atomic E-state index is 12.3. The van der Waals surface area contributed by atoms with Crippen molar-refractivity contribution in [2.24, 2.45) is 5.18 Å². The zero-order valence-corrected chi connectivity index (χ0v) is 11.6. The number of nitrogens with zero attached hydrogens (tertiary/aromatic N) is 2. The molecule has 1 aliphatic heterocycles. The fourth-order valence-electron chi connectivity index (χ4n) is 2.50. The number of methoxy groups -OCH3 is 1. The van der Waals surface area contributed by atoms with Crippen molar-refractivity contribution in [3.05, 3.63) is 64.1 Å². The Bertz CT molecular complexity index is 695. The molecular formula is C16H14N2O3. The van der Waals surface area contributed by atoms with Crippen molar-refractivity contribution in [3.8, 4) is 5.75 Å². The zero-order valence-electron chi connectivity index (χ0n) is 11.6. The Kier molecular flexibility index (Phi) is 3.39. The van der Waals surface area contributed by atoms with E-state index in [-0.39, 0.29) is 5.91 Å². The van der Waals surface area contributed by atoms with Crippen LogP contribution >= 0.6 is 0 Å². The van der Waals surface area contributed by atoms with Gasteiger partial charge in [0, 0.05) is 18.7 Å². The van der Waals surface area contributed by atoms with Crippen molar-refractivity contribution in [3.63, 3.8) is 0 Å². The van der Waals surface area contributed by atoms with Gasteiger partial charge in [0.15, 0.2) is 0 Å². The van der Waals surface area contributed by atoms with Gasteiger partial charge in [-0.3, -0.25) is 4.79 Å². The Morgan fingerprint density at radius 2 is 1.95 bits per heavy atom. The van der Waals surface area contributed by atoms with Crippen molar-refractivity contribution in [2.45, 2.75) is 13.1 Å². The number of hydrogen-bond acceptors (Lipinski definition) is 4. The van der Waals surface area contributed by atoms with Gasteiger partial charge >= 0.3 is 0 Å². The highest BCUT2D eigenvalue weighted by Crippen LogP contribution is 2.28. The molecule has 2 aromatic carbocycles. The first-order chi connectivity index (χ1) is 10.2. The van der Waals surface area contributed by atoms with E-state index >= 15 is 0 Å². The van der Waals surface area contributed by atoms with E-state index in [9.17, 15) is 9.70 Å². The summed E-state index contributed by atoms with van der Waals surface area (Å²) < 4.78 is 5.12. The first-order valence-electron chi connectivity index (χ1n) is 6.60. The topological polar surface area (TPSA) is 59.0 Å². The minimum Gasteiger partial charge on any atom is -0.497 e. The van der Waals surface area contributed by atoms with Gasteiger partial charge in [-0.1, -0.05) is 12.1 Å². The van der Waals surface area contributed by atoms with Crippen LogP contribution in [0, 0.1) is 4.91 Å². The Labute approximate surface area is 122 Å². The minimum absolute atomic E-state index is 0.0155. The second-order valence-corrected chi connectivity index (χ2v) is 4.94. The normalized spacial score (nSPS) is 13.2. The summed E-state index contributed by atoms with van der Waals surface area (Å²) >= 11 is 0. The van der Waals surface area contributed by atoms with Gasteiger partial charge in [0.1, 0.15) is 11.4 Å². The molecular weight excluding hydrogens is 268 g/mol. The lowest BCUT2D eigenvalue weighted by Crippen LogP contribution is -2.23. The van der Waals surface area contributed by atoms with Gasteiger partial charge in [0.2, 0.25) is 0 Å². The molecule has 0 saturated heterocycles. The first kappa shape index (κ1) is 13.3. The molecule has 21 heavy (non-hydrogen) atoms. The Morgan fingerprint density at radius 3 is 2.62 bits per heavy atom. The third-order valence-electron chi connectivity index (χ3n) is 3.61. The van der Waals surface area contributed by atoms with E-state index in [0.29, 0.717) is 24.3 Å². The van der Waals surface area contributed by atoms with Crippen molar-refractivity contribution < 1.29 is 9.53 Å². The summed E-state index contributed by atoms with van der Waals surface area (Å²) in [5, 5.41) is 2.91. The summed E-state index contributed by atoms with van der Waals surface area (Å²) in [6.45, 7) is 1.03. The number of carbonyl (C=O) groups excluding carboxylic acids is 1. The number of fused-ring (bicyclic) bond motifs is 1. The molecule has 0 saturated carbocycles. The summed E-state index contributed by atoms with van der Waals surface area (Å²) in [6.07, 6.45) is 0. The summed E-state index contributed by atoms with van der Waals surface area (Å²) in [5.74, 6) is 0.773. The van der Waals surface area contributed by atoms with Crippen LogP contribution in [0.1, 0.15) is 21.5 Å². The summed E-state index contributed by atoms with van der Waals surface area (Å²) in [5.41, 5.74) is 2.89. The number of nitroso groups, excluding NO2 is 1. The summed E-state index contributed by atoms with van der Waals surface area (Å²) in [7, 11) is 1.62. The molecule has 1 aliphatic rings. The van der Waals surface area contributed by atoms with Crippen LogP contribution in [0.4, 0.5) is 5.69 Å². The number of carbonyl (C=O) groups is 1. The third kappa shape index (κ3) is 2.50. The molecule has 0 bridgehead atoms. The number of amides is 1. The molecule has 0 aromatic heterocycles. The van der Waals surface area contributed by atoms with Gasteiger partial charge in [0.05, 0.1) is 7.11 Å². The van der Waals surface area contributed by atoms with E-state index < -0.39 is 0 Å². The molecule has 0 N–H and O–H groups in total. The highest BCUT2D eigenvalue weighted by Gasteiger charge is 2.27. The Balaban J connectivity index is 1.79. The highest BCUT2D eigenvalue weighted by atomic mass is 16.5. The van der Waals surface area contributed by atoms with Crippen LogP contribution in [0.2, 0.25) is 0 Å². The molecule has 3 rings (SSSR count). The quantitative estimate of drug-likeness (QED) is 0.809. The number of benzene rings is 2. The lowest BCUT2D eigenvalue weighted by Gasteiger charge is -2.15. The predicted molar refractivity (Wildman–Crippen MR) is 78.5 cm³/mol. The van der Waals surface area contributed by atoms with E-state index in [2.05, 4.69) is 5.18 Å². The lowest BCUT2D eigenvalue weighted by molar-refractivity contribution is 0.0766. The highest BCUT2D eigenvalue weighted by molar-refractivity contribution is 5.98. The van der Waals surface area contributed by atoms with Gasteiger partial charge in [-0.2, -0.15) is 0 Å². The van der Waals surface area contributed by atoms with E-state index in [4.69, 9.17) is 4.74 Å². The standard InChI is InChI=1S/C16H14N2O3/c1-21-14-5-2-11(3-6-14)9-18-10-12-8-13(17-20)4-7-15(12)16(18)19/h2-8H,9-10H2,1H3. The number of hydrogen-bond donors (Lipinski definition) is 0. The second-order valence-electron chi connectivity index (χ2n) is 4.94. The summed E-state index contributed by atoms with van der Waals surface area (Å²) in [6, 6.07) is 12.5. The molecule has 1 heterocycles. The largest absolute Gasteiger partial charge is 0.497 e. The minimum atomic E-state index is -0.0155. The Morgan fingerprint density at radius 1 is 1.19 bits per heavy atom. The fourth-order valence-corrected chi connectivity index (χ4v) is 2.50. The molecule has 5 heteroatoms. The van der Waals surface area contributed by atoms with Crippen LogP contribution in [-0.4, -0.2) is 17.9 Å². The Hall–Kier alpha value is -2.69. The molecule has 0 atom stereocenters. The van der Waals surface area contributed by atoms with Gasteiger partial charge in [-0.05, 0) is 46.6 Å². The SMILES string of the molecule is COc1ccc(CN2Cc3cc(N=O)ccc3C2=O)cc1. The van der Waals surface area contributed by atoms with E-state index in [0.717, 1.165) is 16.9 Å². The second kappa shape index (κ2) is 5.36. The molecule has 0 aliphatic carbocycles. The average molecular weight is 282 g/mol. The lowest BCUT2D eigenvalue weighted by atomic mass is 10.1. The monoisotopic (exact) mass is 282 g/mol. The van der Waals surface area contributed by atoms with Crippen LogP contribution in [0.15, 0.2) is 47.6 Å². The van der Waals surface area contributed by atoms with Gasteiger partial charge in [-0.15, -0.1) is 4.91 Å². The molecule has 106 valence electrons. The molecule has 0 unspecified atom stereocenters. The first-order valence-corrected chi connectivity index (χ1v) is 6.60. The van der Waals surface area contributed by atoms with Crippen LogP contribution in [0.25, 0.3) is 0 Å². The van der Waals surface area contributed by atoms with E-state index in [1.54, 1.807) is 30.2 Å². The zero-order chi connectivity index (χ0) is 14.8. The number of ether oxygens (including phenoxy) is 1. The molecule has 2 aromatic rings. The van der Waals surface area contributed by atoms with Crippen molar-refractivity contribution >= 4 is 11.6 Å². The van der Waals surface area contributed by atoms with Crippen LogP contribution in [0.3, 0.4) is 0 Å². The summed E-state index contributed by atoms with van der Waals surface area (Å²) in [4.78, 5) is 24.6. The molecule has 0 radical (unpaired) electrons. The van der Waals surface area contributed by atoms with Crippen molar-refractivity contribution in [1.29, 1.82) is 0 Å². The van der Waals surface area contributed by atoms with Gasteiger partial charge in [-0.25, -0.2) is 0 Å². The van der Waals surface area contributed by atoms with E-state index in [1.807, 2.05) is 24.3 Å². The maximum Gasteiger partial charge on any atom is 0.254 e. The smallest absolute Gasteiger partial charge is 0.254 e. The maximum atomic E-state index is 12.3. The van der Waals surface area contributed by atoms with Gasteiger partial charge in [0.25, 0.3) is 5.91 Å². The molecule has 0 fully saturated rings. The van der Waals surface area contributed by atoms with Crippen LogP contribution in [-0.2, 0) is 13.1 Å². The van der Waals surface area contributed by atoms with Crippen molar-refractivity contribution in [1.82, 2.24) is 4.90 Å². The fraction of sp³-hybridized carbons (Fsp3) is 0.188. The van der Waals surface area contributed by atoms with Gasteiger partial charge < -0.3 is 9.64 Å². The molecule has 5 nitrogen and oxygen atoms in total. The molecule has 0 spiro atoms. The van der Waals surface area contributed by atoms with E-state index in [1.165, 1.54) is 0 Å². The predicted octanol–water partition coefficient (Wildman–Crippen LogP) is 3.25. The van der Waals surface area contributed by atoms with Crippen LogP contribution in [0.5, 0.6) is 5.75 Å².